The zero-order valence-corrected chi connectivity index (χ0v) is 11.2. The van der Waals surface area contributed by atoms with Crippen molar-refractivity contribution >= 4 is 0 Å². The molecule has 1 rings (SSSR count). The van der Waals surface area contributed by atoms with Crippen LogP contribution in [0.15, 0.2) is 12.4 Å². The number of nitrogens with one attached hydrogen (secondary N) is 1. The van der Waals surface area contributed by atoms with E-state index in [4.69, 9.17) is 0 Å². The molecule has 0 aliphatic carbocycles. The van der Waals surface area contributed by atoms with Gasteiger partial charge in [0.1, 0.15) is 12.4 Å². The summed E-state index contributed by atoms with van der Waals surface area (Å²) in [5.41, 5.74) is 0. The molecule has 0 aliphatic rings. The van der Waals surface area contributed by atoms with Gasteiger partial charge >= 0.3 is 6.18 Å². The lowest BCUT2D eigenvalue weighted by Gasteiger charge is -2.16. The van der Waals surface area contributed by atoms with Gasteiger partial charge in [0.25, 0.3) is 0 Å². The summed E-state index contributed by atoms with van der Waals surface area (Å²) in [6.45, 7) is -1.08. The average Bonchev–Trinajstić information content (AvgIpc) is 2.73. The minimum absolute atomic E-state index is 0.103. The molecule has 0 bridgehead atoms. The van der Waals surface area contributed by atoms with Gasteiger partial charge in [0.2, 0.25) is 0 Å². The maximum absolute atomic E-state index is 11.9. The zero-order chi connectivity index (χ0) is 14.3. The van der Waals surface area contributed by atoms with E-state index in [1.165, 1.54) is 0 Å². The van der Waals surface area contributed by atoms with Crippen LogP contribution in [0, 0.1) is 0 Å². The van der Waals surface area contributed by atoms with Crippen molar-refractivity contribution in [2.45, 2.75) is 31.5 Å². The molecule has 0 aromatic carbocycles. The second-order valence-corrected chi connectivity index (χ2v) is 4.44. The van der Waals surface area contributed by atoms with E-state index in [0.717, 1.165) is 18.7 Å². The summed E-state index contributed by atoms with van der Waals surface area (Å²) in [5.74, 6) is 0.969. The number of aromatic nitrogens is 2. The van der Waals surface area contributed by atoms with Crippen LogP contribution in [0.5, 0.6) is 0 Å². The van der Waals surface area contributed by atoms with E-state index in [0.29, 0.717) is 6.42 Å². The Balaban J connectivity index is 2.21. The Morgan fingerprint density at radius 2 is 2.16 bits per heavy atom. The highest BCUT2D eigenvalue weighted by atomic mass is 19.4. The third kappa shape index (κ3) is 6.58. The van der Waals surface area contributed by atoms with E-state index in [2.05, 4.69) is 15.0 Å². The van der Waals surface area contributed by atoms with Crippen LogP contribution in [0.1, 0.15) is 18.7 Å². The molecule has 1 unspecified atom stereocenters. The van der Waals surface area contributed by atoms with Crippen LogP contribution in [-0.2, 0) is 18.2 Å². The molecule has 0 spiro atoms. The quantitative estimate of drug-likeness (QED) is 0.739. The van der Waals surface area contributed by atoms with Gasteiger partial charge in [0.15, 0.2) is 0 Å². The van der Waals surface area contributed by atoms with Gasteiger partial charge in [-0.05, 0) is 19.9 Å². The molecule has 0 saturated heterocycles. The Hall–Kier alpha value is -1.08. The number of imidazole rings is 1. The van der Waals surface area contributed by atoms with Crippen LogP contribution in [0.25, 0.3) is 0 Å². The second kappa shape index (κ2) is 7.49. The predicted molar refractivity (Wildman–Crippen MR) is 65.9 cm³/mol. The van der Waals surface area contributed by atoms with Crippen LogP contribution in [0.2, 0.25) is 0 Å². The summed E-state index contributed by atoms with van der Waals surface area (Å²) < 4.78 is 42.2. The molecule has 1 aromatic rings. The van der Waals surface area contributed by atoms with E-state index in [-0.39, 0.29) is 12.6 Å². The molecule has 110 valence electrons. The fraction of sp³-hybridized carbons (Fsp3) is 0.750. The monoisotopic (exact) mass is 279 g/mol. The van der Waals surface area contributed by atoms with E-state index < -0.39 is 12.8 Å². The summed E-state index contributed by atoms with van der Waals surface area (Å²) in [4.78, 5) is 4.21. The minimum atomic E-state index is -4.25. The topological polar surface area (TPSA) is 39.1 Å². The van der Waals surface area contributed by atoms with Gasteiger partial charge in [0.05, 0.1) is 0 Å². The van der Waals surface area contributed by atoms with Crippen LogP contribution in [0.3, 0.4) is 0 Å². The lowest BCUT2D eigenvalue weighted by atomic mass is 10.1. The normalized spacial score (nSPS) is 13.7. The SMILES string of the molecule is CNC(CCOCC(F)(F)F)CCc1nccn1C. The Morgan fingerprint density at radius 3 is 2.68 bits per heavy atom. The fourth-order valence-electron chi connectivity index (χ4n) is 1.79. The molecular formula is C12H20F3N3O. The third-order valence-corrected chi connectivity index (χ3v) is 2.92. The molecule has 0 fully saturated rings. The van der Waals surface area contributed by atoms with Crippen LogP contribution >= 0.6 is 0 Å². The summed E-state index contributed by atoms with van der Waals surface area (Å²) in [7, 11) is 3.72. The molecule has 1 N–H and O–H groups in total. The average molecular weight is 279 g/mol. The Morgan fingerprint density at radius 1 is 1.42 bits per heavy atom. The van der Waals surface area contributed by atoms with Crippen LogP contribution in [-0.4, -0.2) is 42.0 Å². The maximum atomic E-state index is 11.9. The van der Waals surface area contributed by atoms with Gasteiger partial charge < -0.3 is 14.6 Å². The maximum Gasteiger partial charge on any atom is 0.411 e. The Labute approximate surface area is 111 Å². The molecule has 1 atom stereocenters. The molecule has 19 heavy (non-hydrogen) atoms. The van der Waals surface area contributed by atoms with Crippen molar-refractivity contribution in [3.05, 3.63) is 18.2 Å². The van der Waals surface area contributed by atoms with E-state index in [9.17, 15) is 13.2 Å². The lowest BCUT2D eigenvalue weighted by molar-refractivity contribution is -0.174. The number of hydrogen-bond donors (Lipinski definition) is 1. The van der Waals surface area contributed by atoms with Crippen molar-refractivity contribution in [2.75, 3.05) is 20.3 Å². The fourth-order valence-corrected chi connectivity index (χ4v) is 1.79. The third-order valence-electron chi connectivity index (χ3n) is 2.92. The molecule has 7 heteroatoms. The number of aryl methyl sites for hydroxylation is 2. The summed E-state index contributed by atoms with van der Waals surface area (Å²) in [6.07, 6.45) is 1.51. The van der Waals surface area contributed by atoms with Gasteiger partial charge in [-0.25, -0.2) is 4.98 Å². The van der Waals surface area contributed by atoms with Crippen molar-refractivity contribution < 1.29 is 17.9 Å². The zero-order valence-electron chi connectivity index (χ0n) is 11.2. The second-order valence-electron chi connectivity index (χ2n) is 4.44. The number of ether oxygens (including phenoxy) is 1. The first-order chi connectivity index (χ1) is 8.92. The predicted octanol–water partition coefficient (Wildman–Crippen LogP) is 1.91. The molecule has 0 saturated carbocycles. The van der Waals surface area contributed by atoms with Crippen LogP contribution < -0.4 is 5.32 Å². The molecule has 0 radical (unpaired) electrons. The summed E-state index contributed by atoms with van der Waals surface area (Å²) >= 11 is 0. The van der Waals surface area contributed by atoms with Crippen molar-refractivity contribution in [1.82, 2.24) is 14.9 Å². The van der Waals surface area contributed by atoms with Crippen molar-refractivity contribution in [3.8, 4) is 0 Å². The lowest BCUT2D eigenvalue weighted by Crippen LogP contribution is -2.28. The number of alkyl halides is 3. The van der Waals surface area contributed by atoms with Gasteiger partial charge in [-0.2, -0.15) is 13.2 Å². The van der Waals surface area contributed by atoms with E-state index >= 15 is 0 Å². The van der Waals surface area contributed by atoms with E-state index in [1.807, 2.05) is 17.8 Å². The van der Waals surface area contributed by atoms with Gasteiger partial charge in [0, 0.05) is 38.5 Å². The highest BCUT2D eigenvalue weighted by Gasteiger charge is 2.27. The summed E-state index contributed by atoms with van der Waals surface area (Å²) in [6, 6.07) is 0.130. The highest BCUT2D eigenvalue weighted by molar-refractivity contribution is 4.91. The van der Waals surface area contributed by atoms with E-state index in [1.54, 1.807) is 13.2 Å². The first-order valence-electron chi connectivity index (χ1n) is 6.20. The van der Waals surface area contributed by atoms with Crippen molar-refractivity contribution in [1.29, 1.82) is 0 Å². The molecule has 1 aromatic heterocycles. The molecular weight excluding hydrogens is 259 g/mol. The number of hydrogen-bond acceptors (Lipinski definition) is 3. The van der Waals surface area contributed by atoms with Gasteiger partial charge in [-0.1, -0.05) is 0 Å². The van der Waals surface area contributed by atoms with Gasteiger partial charge in [-0.15, -0.1) is 0 Å². The van der Waals surface area contributed by atoms with Gasteiger partial charge in [-0.3, -0.25) is 0 Å². The van der Waals surface area contributed by atoms with Crippen molar-refractivity contribution in [2.24, 2.45) is 7.05 Å². The Kier molecular flexibility index (Phi) is 6.30. The Bertz CT molecular complexity index is 365. The smallest absolute Gasteiger partial charge is 0.372 e. The first kappa shape index (κ1) is 16.0. The molecule has 1 heterocycles. The number of nitrogens with zero attached hydrogens (tertiary/aromatic N) is 2. The largest absolute Gasteiger partial charge is 0.411 e. The summed E-state index contributed by atoms with van der Waals surface area (Å²) in [5, 5.41) is 3.08. The minimum Gasteiger partial charge on any atom is -0.372 e. The van der Waals surface area contributed by atoms with Crippen LogP contribution in [0.4, 0.5) is 13.2 Å². The molecule has 0 aliphatic heterocycles. The molecule has 0 amide bonds. The number of halogens is 3. The molecule has 4 nitrogen and oxygen atoms in total. The standard InChI is InChI=1S/C12H20F3N3O/c1-16-10(5-8-19-9-12(13,14)15)3-4-11-17-6-7-18(11)2/h6-7,10,16H,3-5,8-9H2,1-2H3. The highest BCUT2D eigenvalue weighted by Crippen LogP contribution is 2.14. The first-order valence-corrected chi connectivity index (χ1v) is 6.20. The number of rotatable bonds is 8. The van der Waals surface area contributed by atoms with Crippen molar-refractivity contribution in [3.63, 3.8) is 0 Å².